The number of carboxylic acids is 1. The number of nitrogens with zero attached hydrogens (tertiary/aromatic N) is 4. The first-order valence-corrected chi connectivity index (χ1v) is 13.0. The largest absolute Gasteiger partial charge is 0.490 e. The highest BCUT2D eigenvalue weighted by Gasteiger charge is 2.38. The smallest absolute Gasteiger partial charge is 0.475 e. The van der Waals surface area contributed by atoms with Gasteiger partial charge in [0.1, 0.15) is 0 Å². The lowest BCUT2D eigenvalue weighted by Gasteiger charge is -2.41. The minimum absolute atomic E-state index is 0.0662. The van der Waals surface area contributed by atoms with Crippen LogP contribution < -0.4 is 0 Å². The summed E-state index contributed by atoms with van der Waals surface area (Å²) in [7, 11) is 1.77. The first kappa shape index (κ1) is 31.4. The Morgan fingerprint density at radius 1 is 1.12 bits per heavy atom. The molecule has 2 heterocycles. The Morgan fingerprint density at radius 3 is 2.34 bits per heavy atom. The van der Waals surface area contributed by atoms with E-state index in [4.69, 9.17) is 19.9 Å². The summed E-state index contributed by atoms with van der Waals surface area (Å²) in [5.74, 6) is -2.62. The maximum absolute atomic E-state index is 13.1. The van der Waals surface area contributed by atoms with Gasteiger partial charge in [0.2, 0.25) is 5.91 Å². The molecule has 1 aliphatic heterocycles. The van der Waals surface area contributed by atoms with E-state index in [0.717, 1.165) is 43.6 Å². The van der Waals surface area contributed by atoms with Gasteiger partial charge in [0.05, 0.1) is 31.0 Å². The SMILES string of the molecule is COCC1(Cc2cccc(C)c2)CCN(C(=O)Cc2cncn2Cc2ccc(C#N)cc2)CC1.O=C(O)C(F)(F)F. The van der Waals surface area contributed by atoms with Gasteiger partial charge >= 0.3 is 12.1 Å². The number of aryl methyl sites for hydroxylation is 1. The molecule has 41 heavy (non-hydrogen) atoms. The minimum atomic E-state index is -5.08. The Labute approximate surface area is 237 Å². The van der Waals surface area contributed by atoms with Gasteiger partial charge in [-0.25, -0.2) is 9.78 Å². The third-order valence-electron chi connectivity index (χ3n) is 7.10. The van der Waals surface area contributed by atoms with Crippen LogP contribution >= 0.6 is 0 Å². The normalized spacial score (nSPS) is 14.5. The van der Waals surface area contributed by atoms with Gasteiger partial charge in [-0.15, -0.1) is 0 Å². The van der Waals surface area contributed by atoms with Crippen LogP contribution in [0.15, 0.2) is 61.1 Å². The van der Waals surface area contributed by atoms with Crippen molar-refractivity contribution >= 4 is 11.9 Å². The summed E-state index contributed by atoms with van der Waals surface area (Å²) >= 11 is 0. The van der Waals surface area contributed by atoms with E-state index in [-0.39, 0.29) is 11.3 Å². The molecule has 1 aliphatic rings. The topological polar surface area (TPSA) is 108 Å². The predicted octanol–water partition coefficient (Wildman–Crippen LogP) is 4.79. The molecule has 3 aromatic rings. The van der Waals surface area contributed by atoms with Crippen molar-refractivity contribution in [1.82, 2.24) is 14.5 Å². The maximum Gasteiger partial charge on any atom is 0.490 e. The molecule has 0 radical (unpaired) electrons. The number of carboxylic acid groups (broad SMARTS) is 1. The molecule has 218 valence electrons. The van der Waals surface area contributed by atoms with Crippen molar-refractivity contribution < 1.29 is 32.6 Å². The predicted molar refractivity (Wildman–Crippen MR) is 145 cm³/mol. The van der Waals surface area contributed by atoms with Crippen LogP contribution in [-0.4, -0.2) is 64.4 Å². The molecule has 1 N–H and O–H groups in total. The van der Waals surface area contributed by atoms with Gasteiger partial charge in [0.25, 0.3) is 0 Å². The van der Waals surface area contributed by atoms with Gasteiger partial charge in [-0.3, -0.25) is 4.79 Å². The molecule has 1 aromatic heterocycles. The molecular weight excluding hydrogens is 537 g/mol. The first-order chi connectivity index (χ1) is 19.4. The van der Waals surface area contributed by atoms with Gasteiger partial charge < -0.3 is 19.3 Å². The summed E-state index contributed by atoms with van der Waals surface area (Å²) in [6, 6.07) is 18.3. The first-order valence-electron chi connectivity index (χ1n) is 13.0. The lowest BCUT2D eigenvalue weighted by Crippen LogP contribution is -2.46. The number of amides is 1. The molecule has 2 aromatic carbocycles. The van der Waals surface area contributed by atoms with Gasteiger partial charge in [-0.2, -0.15) is 18.4 Å². The number of methoxy groups -OCH3 is 1. The number of alkyl halides is 3. The Balaban J connectivity index is 0.000000587. The monoisotopic (exact) mass is 570 g/mol. The summed E-state index contributed by atoms with van der Waals surface area (Å²) in [5.41, 5.74) is 5.30. The number of benzene rings is 2. The molecule has 0 spiro atoms. The number of halogens is 3. The zero-order valence-electron chi connectivity index (χ0n) is 23.0. The zero-order valence-corrected chi connectivity index (χ0v) is 23.0. The molecule has 0 saturated carbocycles. The number of nitriles is 1. The highest BCUT2D eigenvalue weighted by atomic mass is 19.4. The van der Waals surface area contributed by atoms with Crippen LogP contribution in [0.3, 0.4) is 0 Å². The Morgan fingerprint density at radius 2 is 1.78 bits per heavy atom. The van der Waals surface area contributed by atoms with Crippen LogP contribution in [-0.2, 0) is 33.7 Å². The van der Waals surface area contributed by atoms with Crippen molar-refractivity contribution in [3.63, 3.8) is 0 Å². The Bertz CT molecular complexity index is 1360. The molecule has 1 saturated heterocycles. The van der Waals surface area contributed by atoms with Crippen molar-refractivity contribution in [3.8, 4) is 6.07 Å². The highest BCUT2D eigenvalue weighted by molar-refractivity contribution is 5.78. The average molecular weight is 571 g/mol. The van der Waals surface area contributed by atoms with E-state index in [0.29, 0.717) is 25.1 Å². The molecule has 0 unspecified atom stereocenters. The van der Waals surface area contributed by atoms with E-state index in [2.05, 4.69) is 42.2 Å². The lowest BCUT2D eigenvalue weighted by atomic mass is 9.74. The summed E-state index contributed by atoms with van der Waals surface area (Å²) in [4.78, 5) is 28.3. The van der Waals surface area contributed by atoms with Crippen molar-refractivity contribution in [1.29, 1.82) is 5.26 Å². The van der Waals surface area contributed by atoms with Crippen molar-refractivity contribution in [2.45, 2.75) is 45.3 Å². The third-order valence-corrected chi connectivity index (χ3v) is 7.10. The van der Waals surface area contributed by atoms with E-state index in [1.54, 1.807) is 19.6 Å². The summed E-state index contributed by atoms with van der Waals surface area (Å²) < 4.78 is 39.4. The van der Waals surface area contributed by atoms with Crippen LogP contribution in [0.4, 0.5) is 13.2 Å². The summed E-state index contributed by atoms with van der Waals surface area (Å²) in [6.07, 6.45) is 1.64. The molecule has 8 nitrogen and oxygen atoms in total. The van der Waals surface area contributed by atoms with Gasteiger partial charge in [0.15, 0.2) is 0 Å². The Hall–Kier alpha value is -4.17. The van der Waals surface area contributed by atoms with E-state index in [1.807, 2.05) is 33.7 Å². The third kappa shape index (κ3) is 9.18. The lowest BCUT2D eigenvalue weighted by molar-refractivity contribution is -0.192. The Kier molecular flexibility index (Phi) is 10.7. The quantitative estimate of drug-likeness (QED) is 0.418. The summed E-state index contributed by atoms with van der Waals surface area (Å²) in [5, 5.41) is 16.1. The number of aliphatic carboxylic acids is 1. The van der Waals surface area contributed by atoms with Gasteiger partial charge in [-0.1, -0.05) is 42.0 Å². The van der Waals surface area contributed by atoms with Crippen LogP contribution in [0, 0.1) is 23.7 Å². The number of likely N-dealkylation sites (tertiary alicyclic amines) is 1. The van der Waals surface area contributed by atoms with Gasteiger partial charge in [0, 0.05) is 44.0 Å². The average Bonchev–Trinajstić information content (AvgIpc) is 3.35. The summed E-state index contributed by atoms with van der Waals surface area (Å²) in [6.45, 7) is 4.96. The van der Waals surface area contributed by atoms with E-state index >= 15 is 0 Å². The second-order valence-electron chi connectivity index (χ2n) is 10.3. The van der Waals surface area contributed by atoms with E-state index < -0.39 is 12.1 Å². The number of imidazole rings is 1. The van der Waals surface area contributed by atoms with Crippen molar-refractivity contribution in [3.05, 3.63) is 89.0 Å². The van der Waals surface area contributed by atoms with Crippen LogP contribution in [0.2, 0.25) is 0 Å². The second kappa shape index (κ2) is 13.9. The number of hydrogen-bond acceptors (Lipinski definition) is 5. The van der Waals surface area contributed by atoms with Crippen LogP contribution in [0.1, 0.15) is 40.8 Å². The zero-order chi connectivity index (χ0) is 30.0. The maximum atomic E-state index is 13.1. The molecular formula is C30H33F3N4O4. The molecule has 0 bridgehead atoms. The van der Waals surface area contributed by atoms with Crippen LogP contribution in [0.5, 0.6) is 0 Å². The highest BCUT2D eigenvalue weighted by Crippen LogP contribution is 2.36. The molecule has 1 fully saturated rings. The number of rotatable bonds is 8. The number of carbonyl (C=O) groups is 2. The molecule has 0 aliphatic carbocycles. The molecule has 4 rings (SSSR count). The fourth-order valence-electron chi connectivity index (χ4n) is 4.95. The fraction of sp³-hybridized carbons (Fsp3) is 0.400. The number of piperidine rings is 1. The number of hydrogen-bond donors (Lipinski definition) is 1. The fourth-order valence-corrected chi connectivity index (χ4v) is 4.95. The van der Waals surface area contributed by atoms with Crippen molar-refractivity contribution in [2.75, 3.05) is 26.8 Å². The standard InChI is InChI=1S/C28H32N4O2.C2HF3O2/c1-22-4-3-5-25(14-22)16-28(20-34-2)10-12-31(13-11-28)27(33)15-26-18-30-21-32(26)19-24-8-6-23(17-29)7-9-24;3-2(4,5)1(6)7/h3-9,14,18,21H,10-13,15-16,19-20H2,1-2H3;(H,6,7). The van der Waals surface area contributed by atoms with E-state index in [9.17, 15) is 18.0 Å². The number of aromatic nitrogens is 2. The van der Waals surface area contributed by atoms with Crippen LogP contribution in [0.25, 0.3) is 0 Å². The minimum Gasteiger partial charge on any atom is -0.475 e. The molecule has 0 atom stereocenters. The number of ether oxygens (including phenoxy) is 1. The molecule has 11 heteroatoms. The van der Waals surface area contributed by atoms with Crippen molar-refractivity contribution in [2.24, 2.45) is 5.41 Å². The number of carbonyl (C=O) groups excluding carboxylic acids is 1. The van der Waals surface area contributed by atoms with Gasteiger partial charge in [-0.05, 0) is 49.4 Å². The van der Waals surface area contributed by atoms with E-state index in [1.165, 1.54) is 11.1 Å². The molecule has 1 amide bonds. The second-order valence-corrected chi connectivity index (χ2v) is 10.3.